The van der Waals surface area contributed by atoms with Gasteiger partial charge >= 0.3 is 5.97 Å². The molecule has 0 saturated carbocycles. The zero-order valence-corrected chi connectivity index (χ0v) is 11.1. The summed E-state index contributed by atoms with van der Waals surface area (Å²) in [4.78, 5) is 31.9. The molecule has 2 aromatic heterocycles. The van der Waals surface area contributed by atoms with Gasteiger partial charge in [-0.2, -0.15) is 14.8 Å². The second-order valence-corrected chi connectivity index (χ2v) is 4.07. The molecule has 0 aliphatic heterocycles. The molecule has 20 heavy (non-hydrogen) atoms. The van der Waals surface area contributed by atoms with Gasteiger partial charge in [0.15, 0.2) is 0 Å². The molecular weight excluding hydrogens is 262 g/mol. The van der Waals surface area contributed by atoms with E-state index in [1.807, 2.05) is 6.07 Å². The van der Waals surface area contributed by atoms with E-state index in [-0.39, 0.29) is 30.2 Å². The molecule has 104 valence electrons. The summed E-state index contributed by atoms with van der Waals surface area (Å²) in [5, 5.41) is 11.2. The highest BCUT2D eigenvalue weighted by Crippen LogP contribution is 2.05. The maximum atomic E-state index is 12.2. The fourth-order valence-corrected chi connectivity index (χ4v) is 1.81. The van der Waals surface area contributed by atoms with Crippen LogP contribution in [0, 0.1) is 18.3 Å². The van der Waals surface area contributed by atoms with E-state index >= 15 is 0 Å². The lowest BCUT2D eigenvalue weighted by Crippen LogP contribution is -2.22. The largest absolute Gasteiger partial charge is 0.460 e. The number of carbonyl (C=O) groups is 1. The Hall–Kier alpha value is -2.69. The van der Waals surface area contributed by atoms with Crippen molar-refractivity contribution in [1.82, 2.24) is 19.6 Å². The van der Waals surface area contributed by atoms with Crippen LogP contribution >= 0.6 is 0 Å². The van der Waals surface area contributed by atoms with Crippen molar-refractivity contribution < 1.29 is 9.53 Å². The SMILES string of the molecule is CCOC(=O)c1nc2nc(C)c(CCC#N)c(=O)n2[nH]1. The smallest absolute Gasteiger partial charge is 0.375 e. The van der Waals surface area contributed by atoms with E-state index in [9.17, 15) is 9.59 Å². The van der Waals surface area contributed by atoms with Crippen LogP contribution in [0.15, 0.2) is 4.79 Å². The Morgan fingerprint density at radius 1 is 1.50 bits per heavy atom. The van der Waals surface area contributed by atoms with Gasteiger partial charge in [-0.15, -0.1) is 0 Å². The minimum Gasteiger partial charge on any atom is -0.460 e. The number of hydrogen-bond donors (Lipinski definition) is 1. The fourth-order valence-electron chi connectivity index (χ4n) is 1.81. The Labute approximate surface area is 114 Å². The van der Waals surface area contributed by atoms with Crippen LogP contribution < -0.4 is 5.56 Å². The number of H-pyrrole nitrogens is 1. The standard InChI is InChI=1S/C12H13N5O3/c1-3-20-11(19)9-15-12-14-7(2)8(5-4-6-13)10(18)17(12)16-9/h3-5H2,1-2H3,(H,14,15,16). The van der Waals surface area contributed by atoms with E-state index in [2.05, 4.69) is 15.1 Å². The monoisotopic (exact) mass is 275 g/mol. The number of nitriles is 1. The highest BCUT2D eigenvalue weighted by atomic mass is 16.5. The number of rotatable bonds is 4. The van der Waals surface area contributed by atoms with Gasteiger partial charge in [-0.3, -0.25) is 9.89 Å². The second-order valence-electron chi connectivity index (χ2n) is 4.07. The lowest BCUT2D eigenvalue weighted by atomic mass is 10.1. The molecule has 0 unspecified atom stereocenters. The lowest BCUT2D eigenvalue weighted by Gasteiger charge is -2.01. The van der Waals surface area contributed by atoms with Gasteiger partial charge in [0.1, 0.15) is 0 Å². The van der Waals surface area contributed by atoms with Crippen LogP contribution in [0.5, 0.6) is 0 Å². The molecule has 0 amide bonds. The van der Waals surface area contributed by atoms with Gasteiger partial charge in [0.05, 0.1) is 18.4 Å². The maximum Gasteiger partial charge on any atom is 0.375 e. The predicted molar refractivity (Wildman–Crippen MR) is 68.2 cm³/mol. The van der Waals surface area contributed by atoms with E-state index in [0.29, 0.717) is 17.7 Å². The summed E-state index contributed by atoms with van der Waals surface area (Å²) in [6.45, 7) is 3.56. The van der Waals surface area contributed by atoms with Gasteiger partial charge in [-0.1, -0.05) is 0 Å². The van der Waals surface area contributed by atoms with Crippen molar-refractivity contribution in [3.8, 4) is 6.07 Å². The average molecular weight is 275 g/mol. The van der Waals surface area contributed by atoms with Crippen LogP contribution in [0.2, 0.25) is 0 Å². The van der Waals surface area contributed by atoms with Crippen molar-refractivity contribution in [2.75, 3.05) is 6.61 Å². The normalized spacial score (nSPS) is 10.4. The molecule has 0 atom stereocenters. The van der Waals surface area contributed by atoms with E-state index < -0.39 is 5.97 Å². The Balaban J connectivity index is 2.53. The first kappa shape index (κ1) is 13.7. The van der Waals surface area contributed by atoms with Crippen LogP contribution in [-0.2, 0) is 11.2 Å². The zero-order valence-electron chi connectivity index (χ0n) is 11.1. The third-order valence-corrected chi connectivity index (χ3v) is 2.75. The Kier molecular flexibility index (Phi) is 3.79. The number of aromatic amines is 1. The number of ether oxygens (including phenoxy) is 1. The van der Waals surface area contributed by atoms with E-state index in [1.165, 1.54) is 0 Å². The quantitative estimate of drug-likeness (QED) is 0.806. The molecule has 0 aliphatic carbocycles. The summed E-state index contributed by atoms with van der Waals surface area (Å²) >= 11 is 0. The molecule has 8 heteroatoms. The number of aryl methyl sites for hydroxylation is 1. The van der Waals surface area contributed by atoms with Crippen molar-refractivity contribution in [1.29, 1.82) is 5.26 Å². The summed E-state index contributed by atoms with van der Waals surface area (Å²) in [6.07, 6.45) is 0.535. The third-order valence-electron chi connectivity index (χ3n) is 2.75. The summed E-state index contributed by atoms with van der Waals surface area (Å²) in [7, 11) is 0. The Morgan fingerprint density at radius 3 is 2.90 bits per heavy atom. The van der Waals surface area contributed by atoms with Gasteiger partial charge in [-0.05, 0) is 20.3 Å². The van der Waals surface area contributed by atoms with Crippen LogP contribution in [0.4, 0.5) is 0 Å². The molecule has 0 aliphatic rings. The number of nitrogens with zero attached hydrogens (tertiary/aromatic N) is 4. The van der Waals surface area contributed by atoms with Crippen LogP contribution in [0.1, 0.15) is 35.2 Å². The molecule has 0 spiro atoms. The molecule has 2 aromatic rings. The molecule has 2 heterocycles. The molecule has 0 radical (unpaired) electrons. The average Bonchev–Trinajstić information content (AvgIpc) is 2.83. The number of esters is 1. The topological polar surface area (TPSA) is 113 Å². The predicted octanol–water partition coefficient (Wildman–Crippen LogP) is 0.359. The first-order valence-electron chi connectivity index (χ1n) is 6.10. The molecular formula is C12H13N5O3. The van der Waals surface area contributed by atoms with Gasteiger partial charge in [-0.25, -0.2) is 9.78 Å². The number of aromatic nitrogens is 4. The molecule has 1 N–H and O–H groups in total. The first-order chi connectivity index (χ1) is 9.58. The van der Waals surface area contributed by atoms with Crippen molar-refractivity contribution in [2.45, 2.75) is 26.7 Å². The fraction of sp³-hybridized carbons (Fsp3) is 0.417. The molecule has 0 aromatic carbocycles. The maximum absolute atomic E-state index is 12.2. The molecule has 0 saturated heterocycles. The van der Waals surface area contributed by atoms with E-state index in [0.717, 1.165) is 4.52 Å². The Morgan fingerprint density at radius 2 is 2.25 bits per heavy atom. The number of fused-ring (bicyclic) bond motifs is 1. The summed E-state index contributed by atoms with van der Waals surface area (Å²) in [5.41, 5.74) is 0.584. The highest BCUT2D eigenvalue weighted by molar-refractivity contribution is 5.85. The molecule has 8 nitrogen and oxygen atoms in total. The summed E-state index contributed by atoms with van der Waals surface area (Å²) in [6, 6.07) is 1.98. The van der Waals surface area contributed by atoms with Gasteiger partial charge in [0, 0.05) is 12.0 Å². The van der Waals surface area contributed by atoms with Crippen molar-refractivity contribution >= 4 is 11.7 Å². The second kappa shape index (κ2) is 5.52. The van der Waals surface area contributed by atoms with E-state index in [4.69, 9.17) is 10.00 Å². The van der Waals surface area contributed by atoms with Gasteiger partial charge in [0.25, 0.3) is 11.3 Å². The molecule has 0 fully saturated rings. The number of hydrogen-bond acceptors (Lipinski definition) is 6. The zero-order chi connectivity index (χ0) is 14.7. The van der Waals surface area contributed by atoms with Gasteiger partial charge in [0.2, 0.25) is 5.82 Å². The Bertz CT molecular complexity index is 753. The van der Waals surface area contributed by atoms with Crippen LogP contribution in [-0.4, -0.2) is 32.2 Å². The minimum absolute atomic E-state index is 0.0757. The highest BCUT2D eigenvalue weighted by Gasteiger charge is 2.17. The summed E-state index contributed by atoms with van der Waals surface area (Å²) in [5.74, 6) is -0.613. The van der Waals surface area contributed by atoms with Gasteiger partial charge < -0.3 is 4.74 Å². The number of carbonyl (C=O) groups excluding carboxylic acids is 1. The molecule has 2 rings (SSSR count). The van der Waals surface area contributed by atoms with Crippen LogP contribution in [0.3, 0.4) is 0 Å². The van der Waals surface area contributed by atoms with Crippen molar-refractivity contribution in [2.24, 2.45) is 0 Å². The summed E-state index contributed by atoms with van der Waals surface area (Å²) < 4.78 is 5.89. The minimum atomic E-state index is -0.645. The molecule has 0 bridgehead atoms. The van der Waals surface area contributed by atoms with Crippen molar-refractivity contribution in [3.63, 3.8) is 0 Å². The lowest BCUT2D eigenvalue weighted by molar-refractivity contribution is 0.0512. The van der Waals surface area contributed by atoms with Crippen LogP contribution in [0.25, 0.3) is 5.78 Å². The van der Waals surface area contributed by atoms with Crippen molar-refractivity contribution in [3.05, 3.63) is 27.4 Å². The van der Waals surface area contributed by atoms with E-state index in [1.54, 1.807) is 13.8 Å². The number of nitrogens with one attached hydrogen (secondary N) is 1. The first-order valence-corrected chi connectivity index (χ1v) is 6.10. The third kappa shape index (κ3) is 2.38.